The normalized spacial score (nSPS) is 16.9. The molecule has 116 valence electrons. The summed E-state index contributed by atoms with van der Waals surface area (Å²) in [5, 5.41) is 8.94. The second kappa shape index (κ2) is 8.12. The Kier molecular flexibility index (Phi) is 6.17. The van der Waals surface area contributed by atoms with Crippen LogP contribution in [0.4, 0.5) is 0 Å². The van der Waals surface area contributed by atoms with Crippen LogP contribution in [0.25, 0.3) is 0 Å². The number of β-amino-alcohol motifs (C(OH)–C–C–N with tert-alkyl or cyclic N) is 1. The first kappa shape index (κ1) is 15.9. The minimum absolute atomic E-state index is 0.106. The van der Waals surface area contributed by atoms with Crippen molar-refractivity contribution in [2.24, 2.45) is 0 Å². The van der Waals surface area contributed by atoms with E-state index in [4.69, 9.17) is 9.84 Å². The van der Waals surface area contributed by atoms with E-state index in [1.54, 1.807) is 0 Å². The van der Waals surface area contributed by atoms with E-state index in [0.717, 1.165) is 32.7 Å². The molecule has 1 heterocycles. The second-order valence-corrected chi connectivity index (χ2v) is 5.19. The molecule has 1 fully saturated rings. The van der Waals surface area contributed by atoms with Gasteiger partial charge in [0.15, 0.2) is 5.78 Å². The lowest BCUT2D eigenvalue weighted by Crippen LogP contribution is -2.48. The molecule has 1 aromatic carbocycles. The number of Topliss-reactive ketones (excluding diaryl/α,β-unsaturated/α-hetero) is 1. The predicted octanol–water partition coefficient (Wildman–Crippen LogP) is 0.878. The first-order chi connectivity index (χ1) is 10.2. The van der Waals surface area contributed by atoms with Gasteiger partial charge in [-0.15, -0.1) is 0 Å². The Bertz CT molecular complexity index is 457. The molecule has 0 radical (unpaired) electrons. The van der Waals surface area contributed by atoms with Gasteiger partial charge in [-0.05, 0) is 19.1 Å². The third-order valence-electron chi connectivity index (χ3n) is 3.74. The number of carbonyl (C=O) groups is 1. The van der Waals surface area contributed by atoms with Crippen LogP contribution >= 0.6 is 0 Å². The zero-order chi connectivity index (χ0) is 15.1. The van der Waals surface area contributed by atoms with E-state index in [0.29, 0.717) is 24.5 Å². The van der Waals surface area contributed by atoms with Gasteiger partial charge in [0.2, 0.25) is 0 Å². The molecule has 0 aliphatic carbocycles. The Hall–Kier alpha value is -1.43. The number of para-hydroxylation sites is 1. The zero-order valence-electron chi connectivity index (χ0n) is 12.6. The lowest BCUT2D eigenvalue weighted by molar-refractivity contribution is 0.0819. The number of piperazine rings is 1. The number of benzene rings is 1. The van der Waals surface area contributed by atoms with E-state index in [9.17, 15) is 4.79 Å². The Morgan fingerprint density at radius 3 is 2.52 bits per heavy atom. The van der Waals surface area contributed by atoms with Crippen molar-refractivity contribution >= 4 is 5.78 Å². The highest BCUT2D eigenvalue weighted by molar-refractivity contribution is 6.00. The van der Waals surface area contributed by atoms with Gasteiger partial charge in [-0.1, -0.05) is 12.1 Å². The second-order valence-electron chi connectivity index (χ2n) is 5.19. The Labute approximate surface area is 126 Å². The van der Waals surface area contributed by atoms with Crippen molar-refractivity contribution in [2.75, 3.05) is 52.5 Å². The SMILES string of the molecule is CCOc1ccccc1C(=O)CN1CCN(CCO)CC1. The van der Waals surface area contributed by atoms with E-state index in [-0.39, 0.29) is 12.4 Å². The molecule has 0 saturated carbocycles. The number of ether oxygens (including phenoxy) is 1. The van der Waals surface area contributed by atoms with Crippen LogP contribution in [-0.4, -0.2) is 73.2 Å². The van der Waals surface area contributed by atoms with Crippen molar-refractivity contribution in [2.45, 2.75) is 6.92 Å². The standard InChI is InChI=1S/C16H24N2O3/c1-2-21-16-6-4-3-5-14(16)15(20)13-18-9-7-17(8-10-18)11-12-19/h3-6,19H,2,7-13H2,1H3. The van der Waals surface area contributed by atoms with Crippen LogP contribution in [0.1, 0.15) is 17.3 Å². The van der Waals surface area contributed by atoms with Crippen LogP contribution < -0.4 is 4.74 Å². The molecule has 2 rings (SSSR count). The van der Waals surface area contributed by atoms with Crippen LogP contribution in [0, 0.1) is 0 Å². The molecular weight excluding hydrogens is 268 g/mol. The van der Waals surface area contributed by atoms with Crippen LogP contribution in [0.3, 0.4) is 0 Å². The maximum absolute atomic E-state index is 12.4. The fourth-order valence-corrected chi connectivity index (χ4v) is 2.58. The van der Waals surface area contributed by atoms with Gasteiger partial charge in [0.1, 0.15) is 5.75 Å². The molecule has 1 aliphatic rings. The van der Waals surface area contributed by atoms with Gasteiger partial charge in [0.25, 0.3) is 0 Å². The molecule has 1 aromatic rings. The maximum Gasteiger partial charge on any atom is 0.180 e. The summed E-state index contributed by atoms with van der Waals surface area (Å²) in [5.41, 5.74) is 0.664. The number of carbonyl (C=O) groups excluding carboxylic acids is 1. The number of aliphatic hydroxyl groups excluding tert-OH is 1. The minimum Gasteiger partial charge on any atom is -0.493 e. The fourth-order valence-electron chi connectivity index (χ4n) is 2.58. The monoisotopic (exact) mass is 292 g/mol. The summed E-state index contributed by atoms with van der Waals surface area (Å²) >= 11 is 0. The van der Waals surface area contributed by atoms with Crippen LogP contribution in [0.2, 0.25) is 0 Å². The molecule has 1 N–H and O–H groups in total. The van der Waals surface area contributed by atoms with Crippen molar-refractivity contribution in [1.29, 1.82) is 0 Å². The predicted molar refractivity (Wildman–Crippen MR) is 81.9 cm³/mol. The highest BCUT2D eigenvalue weighted by atomic mass is 16.5. The maximum atomic E-state index is 12.4. The van der Waals surface area contributed by atoms with Crippen molar-refractivity contribution in [3.8, 4) is 5.75 Å². The van der Waals surface area contributed by atoms with Crippen LogP contribution in [-0.2, 0) is 0 Å². The summed E-state index contributed by atoms with van der Waals surface area (Å²) in [6.45, 7) is 7.35. The third kappa shape index (κ3) is 4.52. The van der Waals surface area contributed by atoms with Gasteiger partial charge in [-0.2, -0.15) is 0 Å². The third-order valence-corrected chi connectivity index (χ3v) is 3.74. The van der Waals surface area contributed by atoms with Gasteiger partial charge in [-0.25, -0.2) is 0 Å². The number of aliphatic hydroxyl groups is 1. The van der Waals surface area contributed by atoms with Crippen molar-refractivity contribution < 1.29 is 14.6 Å². The molecule has 0 bridgehead atoms. The Balaban J connectivity index is 1.90. The van der Waals surface area contributed by atoms with Gasteiger partial charge < -0.3 is 9.84 Å². The van der Waals surface area contributed by atoms with Gasteiger partial charge in [0, 0.05) is 32.7 Å². The molecule has 0 aromatic heterocycles. The largest absolute Gasteiger partial charge is 0.493 e. The molecule has 0 unspecified atom stereocenters. The molecule has 21 heavy (non-hydrogen) atoms. The van der Waals surface area contributed by atoms with Crippen molar-refractivity contribution in [1.82, 2.24) is 9.80 Å². The number of hydrogen-bond donors (Lipinski definition) is 1. The molecule has 5 heteroatoms. The smallest absolute Gasteiger partial charge is 0.180 e. The molecule has 1 aliphatic heterocycles. The molecule has 1 saturated heterocycles. The number of ketones is 1. The summed E-state index contributed by atoms with van der Waals surface area (Å²) in [5.74, 6) is 0.776. The summed E-state index contributed by atoms with van der Waals surface area (Å²) < 4.78 is 5.52. The quantitative estimate of drug-likeness (QED) is 0.756. The highest BCUT2D eigenvalue weighted by Crippen LogP contribution is 2.19. The number of rotatable bonds is 7. The molecular formula is C16H24N2O3. The zero-order valence-corrected chi connectivity index (χ0v) is 12.6. The number of nitrogens with zero attached hydrogens (tertiary/aromatic N) is 2. The van der Waals surface area contributed by atoms with E-state index in [1.165, 1.54) is 0 Å². The molecule has 0 atom stereocenters. The Morgan fingerprint density at radius 2 is 1.86 bits per heavy atom. The summed E-state index contributed by atoms with van der Waals surface area (Å²) in [7, 11) is 0. The summed E-state index contributed by atoms with van der Waals surface area (Å²) in [6, 6.07) is 7.43. The average molecular weight is 292 g/mol. The van der Waals surface area contributed by atoms with Gasteiger partial charge in [0.05, 0.1) is 25.3 Å². The lowest BCUT2D eigenvalue weighted by Gasteiger charge is -2.33. The van der Waals surface area contributed by atoms with Crippen molar-refractivity contribution in [3.05, 3.63) is 29.8 Å². The van der Waals surface area contributed by atoms with Crippen molar-refractivity contribution in [3.63, 3.8) is 0 Å². The first-order valence-corrected chi connectivity index (χ1v) is 7.55. The molecule has 0 spiro atoms. The van der Waals surface area contributed by atoms with E-state index in [1.807, 2.05) is 31.2 Å². The highest BCUT2D eigenvalue weighted by Gasteiger charge is 2.20. The van der Waals surface area contributed by atoms with E-state index < -0.39 is 0 Å². The van der Waals surface area contributed by atoms with Crippen LogP contribution in [0.15, 0.2) is 24.3 Å². The fraction of sp³-hybridized carbons (Fsp3) is 0.562. The summed E-state index contributed by atoms with van der Waals surface area (Å²) in [6.07, 6.45) is 0. The van der Waals surface area contributed by atoms with E-state index in [2.05, 4.69) is 9.80 Å². The minimum atomic E-state index is 0.106. The first-order valence-electron chi connectivity index (χ1n) is 7.55. The van der Waals surface area contributed by atoms with E-state index >= 15 is 0 Å². The van der Waals surface area contributed by atoms with Crippen LogP contribution in [0.5, 0.6) is 5.75 Å². The number of hydrogen-bond acceptors (Lipinski definition) is 5. The summed E-state index contributed by atoms with van der Waals surface area (Å²) in [4.78, 5) is 16.8. The van der Waals surface area contributed by atoms with Gasteiger partial charge >= 0.3 is 0 Å². The lowest BCUT2D eigenvalue weighted by atomic mass is 10.1. The average Bonchev–Trinajstić information content (AvgIpc) is 2.50. The molecule has 0 amide bonds. The van der Waals surface area contributed by atoms with Gasteiger partial charge in [-0.3, -0.25) is 14.6 Å². The Morgan fingerprint density at radius 1 is 1.19 bits per heavy atom. The topological polar surface area (TPSA) is 53.0 Å². The molecule has 5 nitrogen and oxygen atoms in total.